The number of benzene rings is 2. The van der Waals surface area contributed by atoms with Gasteiger partial charge in [-0.15, -0.1) is 0 Å². The normalized spacial score (nSPS) is 13.5. The molecule has 37 heavy (non-hydrogen) atoms. The molecule has 0 bridgehead atoms. The SMILES string of the molecule is CCc1cccc(C)c1NC(=O)Cn1c2ccc(C)cc2c2ncn(Cc3nc(C4CC4)no3)c(=O)c21. The van der Waals surface area contributed by atoms with E-state index in [0.29, 0.717) is 28.7 Å². The quantitative estimate of drug-likeness (QED) is 0.356. The maximum absolute atomic E-state index is 13.7. The lowest BCUT2D eigenvalue weighted by molar-refractivity contribution is -0.116. The molecule has 0 unspecified atom stereocenters. The van der Waals surface area contributed by atoms with Gasteiger partial charge in [-0.05, 0) is 56.4 Å². The molecular weight excluding hydrogens is 468 g/mol. The number of hydrogen-bond donors (Lipinski definition) is 1. The fourth-order valence-electron chi connectivity index (χ4n) is 4.90. The van der Waals surface area contributed by atoms with E-state index in [9.17, 15) is 9.59 Å². The molecule has 1 fully saturated rings. The summed E-state index contributed by atoms with van der Waals surface area (Å²) in [7, 11) is 0. The maximum Gasteiger partial charge on any atom is 0.278 e. The van der Waals surface area contributed by atoms with Gasteiger partial charge >= 0.3 is 0 Å². The smallest absolute Gasteiger partial charge is 0.278 e. The Labute approximate surface area is 213 Å². The third kappa shape index (κ3) is 4.20. The molecule has 1 N–H and O–H groups in total. The van der Waals surface area contributed by atoms with Crippen molar-refractivity contribution < 1.29 is 9.32 Å². The second-order valence-corrected chi connectivity index (χ2v) is 9.81. The van der Waals surface area contributed by atoms with E-state index in [4.69, 9.17) is 4.52 Å². The summed E-state index contributed by atoms with van der Waals surface area (Å²) in [6.07, 6.45) is 4.45. The van der Waals surface area contributed by atoms with Crippen molar-refractivity contribution in [3.8, 4) is 0 Å². The van der Waals surface area contributed by atoms with Crippen LogP contribution in [0.1, 0.15) is 54.1 Å². The van der Waals surface area contributed by atoms with E-state index in [0.717, 1.165) is 52.5 Å². The highest BCUT2D eigenvalue weighted by Crippen LogP contribution is 2.38. The predicted octanol–water partition coefficient (Wildman–Crippen LogP) is 4.48. The molecule has 1 amide bonds. The molecular formula is C28H28N6O3. The number of para-hydroxylation sites is 1. The molecule has 0 aliphatic heterocycles. The van der Waals surface area contributed by atoms with Gasteiger partial charge < -0.3 is 14.4 Å². The Hall–Kier alpha value is -4.27. The number of nitrogens with one attached hydrogen (secondary N) is 1. The number of aromatic nitrogens is 5. The van der Waals surface area contributed by atoms with Crippen LogP contribution in [0.3, 0.4) is 0 Å². The van der Waals surface area contributed by atoms with Crippen LogP contribution < -0.4 is 10.9 Å². The maximum atomic E-state index is 13.7. The number of carbonyl (C=O) groups excluding carboxylic acids is 1. The minimum atomic E-state index is -0.261. The zero-order valence-electron chi connectivity index (χ0n) is 21.1. The summed E-state index contributed by atoms with van der Waals surface area (Å²) in [6.45, 7) is 6.14. The predicted molar refractivity (Wildman–Crippen MR) is 141 cm³/mol. The van der Waals surface area contributed by atoms with Gasteiger partial charge in [0.2, 0.25) is 11.8 Å². The highest BCUT2D eigenvalue weighted by molar-refractivity contribution is 6.07. The third-order valence-electron chi connectivity index (χ3n) is 7.02. The zero-order valence-corrected chi connectivity index (χ0v) is 21.1. The van der Waals surface area contributed by atoms with Crippen LogP contribution in [-0.2, 0) is 24.3 Å². The highest BCUT2D eigenvalue weighted by Gasteiger charge is 2.29. The van der Waals surface area contributed by atoms with Crippen LogP contribution in [0.5, 0.6) is 0 Å². The standard InChI is InChI=1S/C28H28N6O3/c1-4-18-7-5-6-17(3)24(18)30-22(35)13-34-21-11-8-16(2)12-20(21)25-26(34)28(36)33(15-29-25)14-23-31-27(32-37-23)19-9-10-19/h5-8,11-12,15,19H,4,9-10,13-14H2,1-3H3,(H,30,35). The largest absolute Gasteiger partial charge is 0.337 e. The first-order valence-electron chi connectivity index (χ1n) is 12.6. The average Bonchev–Trinajstić information content (AvgIpc) is 3.55. The molecule has 2 aromatic carbocycles. The van der Waals surface area contributed by atoms with Crippen molar-refractivity contribution in [2.24, 2.45) is 0 Å². The number of anilines is 1. The van der Waals surface area contributed by atoms with Gasteiger partial charge in [0.25, 0.3) is 5.56 Å². The van der Waals surface area contributed by atoms with Crippen molar-refractivity contribution in [3.63, 3.8) is 0 Å². The Morgan fingerprint density at radius 3 is 2.81 bits per heavy atom. The van der Waals surface area contributed by atoms with Crippen LogP contribution in [-0.4, -0.2) is 30.2 Å². The molecule has 0 spiro atoms. The van der Waals surface area contributed by atoms with E-state index in [2.05, 4.69) is 27.4 Å². The van der Waals surface area contributed by atoms with Gasteiger partial charge in [0, 0.05) is 17.0 Å². The molecule has 9 heteroatoms. The number of amides is 1. The second-order valence-electron chi connectivity index (χ2n) is 9.81. The summed E-state index contributed by atoms with van der Waals surface area (Å²) < 4.78 is 8.61. The fourth-order valence-corrected chi connectivity index (χ4v) is 4.90. The van der Waals surface area contributed by atoms with Crippen LogP contribution in [0.15, 0.2) is 52.0 Å². The van der Waals surface area contributed by atoms with Gasteiger partial charge in [0.15, 0.2) is 5.82 Å². The van der Waals surface area contributed by atoms with Crippen LogP contribution in [0.4, 0.5) is 5.69 Å². The molecule has 0 saturated heterocycles. The Morgan fingerprint density at radius 1 is 1.19 bits per heavy atom. The molecule has 5 aromatic rings. The first kappa shape index (κ1) is 23.1. The lowest BCUT2D eigenvalue weighted by Crippen LogP contribution is -2.26. The van der Waals surface area contributed by atoms with Gasteiger partial charge in [-0.1, -0.05) is 41.9 Å². The summed E-state index contributed by atoms with van der Waals surface area (Å²) >= 11 is 0. The van der Waals surface area contributed by atoms with E-state index in [1.54, 1.807) is 4.57 Å². The van der Waals surface area contributed by atoms with Gasteiger partial charge in [0.05, 0.1) is 11.8 Å². The molecule has 188 valence electrons. The summed E-state index contributed by atoms with van der Waals surface area (Å²) in [5.74, 6) is 1.22. The van der Waals surface area contributed by atoms with E-state index in [1.807, 2.05) is 50.2 Å². The van der Waals surface area contributed by atoms with E-state index < -0.39 is 0 Å². The number of aryl methyl sites for hydroxylation is 3. The van der Waals surface area contributed by atoms with Gasteiger partial charge in [-0.25, -0.2) is 4.98 Å². The molecule has 0 atom stereocenters. The van der Waals surface area contributed by atoms with Gasteiger partial charge in [-0.2, -0.15) is 4.98 Å². The topological polar surface area (TPSA) is 108 Å². The van der Waals surface area contributed by atoms with Crippen LogP contribution >= 0.6 is 0 Å². The van der Waals surface area contributed by atoms with Crippen LogP contribution in [0.25, 0.3) is 21.9 Å². The minimum absolute atomic E-state index is 0.0200. The van der Waals surface area contributed by atoms with Crippen molar-refractivity contribution in [2.75, 3.05) is 5.32 Å². The fraction of sp³-hybridized carbons (Fsp3) is 0.321. The molecule has 9 nitrogen and oxygen atoms in total. The molecule has 6 rings (SSSR count). The molecule has 3 aromatic heterocycles. The molecule has 3 heterocycles. The molecule has 1 aliphatic rings. The number of nitrogens with zero attached hydrogens (tertiary/aromatic N) is 5. The number of carbonyl (C=O) groups is 1. The monoisotopic (exact) mass is 496 g/mol. The third-order valence-corrected chi connectivity index (χ3v) is 7.02. The summed E-state index contributed by atoms with van der Waals surface area (Å²) in [5, 5.41) is 7.97. The molecule has 1 aliphatic carbocycles. The minimum Gasteiger partial charge on any atom is -0.337 e. The van der Waals surface area contributed by atoms with E-state index in [1.165, 1.54) is 10.9 Å². The van der Waals surface area contributed by atoms with Gasteiger partial charge in [0.1, 0.15) is 24.1 Å². The Kier molecular flexibility index (Phi) is 5.62. The summed E-state index contributed by atoms with van der Waals surface area (Å²) in [4.78, 5) is 36.1. The first-order chi connectivity index (χ1) is 17.9. The van der Waals surface area contributed by atoms with Crippen molar-refractivity contribution in [3.05, 3.63) is 81.5 Å². The van der Waals surface area contributed by atoms with Crippen molar-refractivity contribution in [2.45, 2.75) is 59.0 Å². The summed E-state index contributed by atoms with van der Waals surface area (Å²) in [5.41, 5.74) is 5.41. The van der Waals surface area contributed by atoms with Crippen molar-refractivity contribution in [1.82, 2.24) is 24.3 Å². The van der Waals surface area contributed by atoms with Crippen molar-refractivity contribution >= 4 is 33.5 Å². The lowest BCUT2D eigenvalue weighted by Gasteiger charge is -2.14. The van der Waals surface area contributed by atoms with E-state index in [-0.39, 0.29) is 24.6 Å². The van der Waals surface area contributed by atoms with E-state index >= 15 is 0 Å². The highest BCUT2D eigenvalue weighted by atomic mass is 16.5. The zero-order chi connectivity index (χ0) is 25.7. The number of rotatable bonds is 7. The summed E-state index contributed by atoms with van der Waals surface area (Å²) in [6, 6.07) is 11.9. The number of fused-ring (bicyclic) bond motifs is 3. The van der Waals surface area contributed by atoms with Crippen molar-refractivity contribution in [1.29, 1.82) is 0 Å². The molecule has 0 radical (unpaired) electrons. The second kappa shape index (κ2) is 8.99. The Morgan fingerprint density at radius 2 is 2.03 bits per heavy atom. The first-order valence-corrected chi connectivity index (χ1v) is 12.6. The molecule has 1 saturated carbocycles. The number of hydrogen-bond acceptors (Lipinski definition) is 6. The lowest BCUT2D eigenvalue weighted by atomic mass is 10.1. The van der Waals surface area contributed by atoms with Crippen LogP contribution in [0, 0.1) is 13.8 Å². The Bertz CT molecular complexity index is 1720. The average molecular weight is 497 g/mol. The Balaban J connectivity index is 1.41. The van der Waals surface area contributed by atoms with Gasteiger partial charge in [-0.3, -0.25) is 14.2 Å². The van der Waals surface area contributed by atoms with Crippen LogP contribution in [0.2, 0.25) is 0 Å².